The number of fused-ring (bicyclic) bond motifs is 1. The van der Waals surface area contributed by atoms with Crippen molar-refractivity contribution in [3.05, 3.63) is 77.9 Å². The number of carbonyl (C=O) groups is 2. The van der Waals surface area contributed by atoms with Gasteiger partial charge in [-0.15, -0.1) is 0 Å². The normalized spacial score (nSPS) is 14.4. The van der Waals surface area contributed by atoms with Crippen LogP contribution in [0.4, 0.5) is 0 Å². The summed E-state index contributed by atoms with van der Waals surface area (Å²) in [6.45, 7) is 1.77. The van der Waals surface area contributed by atoms with Crippen LogP contribution in [0, 0.1) is 0 Å². The van der Waals surface area contributed by atoms with E-state index in [1.807, 2.05) is 30.3 Å². The highest BCUT2D eigenvalue weighted by molar-refractivity contribution is 7.89. The molecule has 0 aliphatic carbocycles. The molecule has 0 aromatic heterocycles. The number of carboxylic acid groups (broad SMARTS) is 1. The Morgan fingerprint density at radius 2 is 1.74 bits per heavy atom. The van der Waals surface area contributed by atoms with E-state index in [9.17, 15) is 23.1 Å². The number of sulfonamides is 1. The molecule has 1 atom stereocenters. The van der Waals surface area contributed by atoms with Crippen LogP contribution in [0.25, 0.3) is 10.8 Å². The molecule has 3 aromatic rings. The Morgan fingerprint density at radius 3 is 2.47 bits per heavy atom. The second-order valence-corrected chi connectivity index (χ2v) is 10.7. The predicted molar refractivity (Wildman–Crippen MR) is 145 cm³/mol. The Morgan fingerprint density at radius 1 is 1.00 bits per heavy atom. The summed E-state index contributed by atoms with van der Waals surface area (Å²) in [5.74, 6) is -0.847. The molecule has 0 fully saturated rings. The van der Waals surface area contributed by atoms with Crippen LogP contribution >= 0.6 is 0 Å². The molecule has 0 saturated heterocycles. The van der Waals surface area contributed by atoms with E-state index in [2.05, 4.69) is 25.7 Å². The Hall–Kier alpha value is -3.80. The van der Waals surface area contributed by atoms with E-state index in [1.54, 1.807) is 30.3 Å². The van der Waals surface area contributed by atoms with Crippen molar-refractivity contribution in [2.75, 3.05) is 19.6 Å². The van der Waals surface area contributed by atoms with Gasteiger partial charge < -0.3 is 15.7 Å². The summed E-state index contributed by atoms with van der Waals surface area (Å²) in [7, 11) is -4.07. The molecule has 200 valence electrons. The third kappa shape index (κ3) is 7.37. The molecule has 11 heteroatoms. The summed E-state index contributed by atoms with van der Waals surface area (Å²) in [6.07, 6.45) is 1.86. The van der Waals surface area contributed by atoms with E-state index < -0.39 is 22.0 Å². The van der Waals surface area contributed by atoms with Crippen LogP contribution in [0.2, 0.25) is 0 Å². The van der Waals surface area contributed by atoms with E-state index in [4.69, 9.17) is 0 Å². The summed E-state index contributed by atoms with van der Waals surface area (Å²) >= 11 is 0. The first-order chi connectivity index (χ1) is 18.3. The zero-order valence-corrected chi connectivity index (χ0v) is 21.6. The average Bonchev–Trinajstić information content (AvgIpc) is 2.92. The molecule has 10 nitrogen and oxygen atoms in total. The van der Waals surface area contributed by atoms with Gasteiger partial charge in [-0.2, -0.15) is 4.72 Å². The van der Waals surface area contributed by atoms with Gasteiger partial charge in [-0.25, -0.2) is 8.42 Å². The SMILES string of the molecule is O=C(CCc1ccc(CNC[C@H](NS(=O)(=O)c2cccc3ccccc23)C(=O)O)cc1)NC1=NCCCN1. The summed E-state index contributed by atoms with van der Waals surface area (Å²) in [5.41, 5.74) is 1.90. The monoisotopic (exact) mass is 537 g/mol. The third-order valence-corrected chi connectivity index (χ3v) is 7.66. The van der Waals surface area contributed by atoms with Crippen molar-refractivity contribution in [2.24, 2.45) is 4.99 Å². The lowest BCUT2D eigenvalue weighted by molar-refractivity contribution is -0.138. The fraction of sp³-hybridized carbons (Fsp3) is 0.296. The number of nitrogens with zero attached hydrogens (tertiary/aromatic N) is 1. The first kappa shape index (κ1) is 27.2. The zero-order chi connectivity index (χ0) is 27.0. The highest BCUT2D eigenvalue weighted by Gasteiger charge is 2.26. The third-order valence-electron chi connectivity index (χ3n) is 6.13. The Labute approximate surface area is 221 Å². The van der Waals surface area contributed by atoms with Gasteiger partial charge in [0.05, 0.1) is 4.90 Å². The maximum absolute atomic E-state index is 13.0. The second kappa shape index (κ2) is 12.6. The van der Waals surface area contributed by atoms with E-state index in [-0.39, 0.29) is 17.3 Å². The number of carbonyl (C=O) groups excluding carboxylic acids is 1. The van der Waals surface area contributed by atoms with Gasteiger partial charge >= 0.3 is 5.97 Å². The van der Waals surface area contributed by atoms with Crippen molar-refractivity contribution < 1.29 is 23.1 Å². The topological polar surface area (TPSA) is 149 Å². The number of aliphatic imine (C=N–C) groups is 1. The molecule has 38 heavy (non-hydrogen) atoms. The minimum atomic E-state index is -4.07. The second-order valence-electron chi connectivity index (χ2n) is 9.00. The van der Waals surface area contributed by atoms with Gasteiger partial charge in [0.15, 0.2) is 5.96 Å². The standard InChI is InChI=1S/C27H31N5O5S/c33-25(31-27-29-15-4-16-30-27)14-13-19-9-11-20(12-10-19)17-28-18-23(26(34)35)32-38(36,37)24-8-3-6-21-5-1-2-7-22(21)24/h1-3,5-12,23,28,32H,4,13-18H2,(H,34,35)(H2,29,30,31,33)/t23-/m0/s1. The lowest BCUT2D eigenvalue weighted by Crippen LogP contribution is -2.47. The van der Waals surface area contributed by atoms with Crippen LogP contribution in [-0.2, 0) is 32.6 Å². The van der Waals surface area contributed by atoms with Gasteiger partial charge in [0.2, 0.25) is 15.9 Å². The number of carboxylic acids is 1. The van der Waals surface area contributed by atoms with E-state index in [0.717, 1.165) is 29.5 Å². The molecule has 0 radical (unpaired) electrons. The highest BCUT2D eigenvalue weighted by atomic mass is 32.2. The number of aliphatic carboxylic acids is 1. The quantitative estimate of drug-likeness (QED) is 0.250. The Kier molecular flexibility index (Phi) is 9.06. The number of aryl methyl sites for hydroxylation is 1. The van der Waals surface area contributed by atoms with Crippen molar-refractivity contribution in [1.29, 1.82) is 0 Å². The zero-order valence-electron chi connectivity index (χ0n) is 20.8. The van der Waals surface area contributed by atoms with Crippen molar-refractivity contribution >= 4 is 38.6 Å². The van der Waals surface area contributed by atoms with E-state index in [1.165, 1.54) is 6.07 Å². The minimum Gasteiger partial charge on any atom is -0.480 e. The Bertz CT molecular complexity index is 1420. The van der Waals surface area contributed by atoms with E-state index >= 15 is 0 Å². The molecule has 0 spiro atoms. The number of rotatable bonds is 11. The molecular weight excluding hydrogens is 506 g/mol. The molecule has 0 unspecified atom stereocenters. The van der Waals surface area contributed by atoms with Crippen LogP contribution in [0.15, 0.2) is 76.6 Å². The number of hydrogen-bond donors (Lipinski definition) is 5. The van der Waals surface area contributed by atoms with Crippen molar-refractivity contribution in [1.82, 2.24) is 20.7 Å². The molecule has 5 N–H and O–H groups in total. The first-order valence-corrected chi connectivity index (χ1v) is 13.9. The van der Waals surface area contributed by atoms with Gasteiger partial charge in [-0.3, -0.25) is 19.9 Å². The highest BCUT2D eigenvalue weighted by Crippen LogP contribution is 2.22. The molecule has 1 aliphatic heterocycles. The predicted octanol–water partition coefficient (Wildman–Crippen LogP) is 1.76. The van der Waals surface area contributed by atoms with Gasteiger partial charge in [0, 0.05) is 38.0 Å². The van der Waals surface area contributed by atoms with Crippen LogP contribution in [0.3, 0.4) is 0 Å². The van der Waals surface area contributed by atoms with Crippen LogP contribution < -0.4 is 20.7 Å². The van der Waals surface area contributed by atoms with Gasteiger partial charge in [-0.05, 0) is 35.4 Å². The Balaban J connectivity index is 1.28. The smallest absolute Gasteiger partial charge is 0.323 e. The summed E-state index contributed by atoms with van der Waals surface area (Å²) < 4.78 is 28.3. The minimum absolute atomic E-state index is 0.0362. The molecule has 1 heterocycles. The number of amides is 1. The van der Waals surface area contributed by atoms with Crippen molar-refractivity contribution in [2.45, 2.75) is 36.7 Å². The lowest BCUT2D eigenvalue weighted by atomic mass is 10.1. The number of guanidine groups is 1. The molecule has 3 aromatic carbocycles. The first-order valence-electron chi connectivity index (χ1n) is 12.4. The summed E-state index contributed by atoms with van der Waals surface area (Å²) in [6, 6.07) is 18.2. The lowest BCUT2D eigenvalue weighted by Gasteiger charge is -2.17. The van der Waals surface area contributed by atoms with Gasteiger partial charge in [0.1, 0.15) is 6.04 Å². The summed E-state index contributed by atoms with van der Waals surface area (Å²) in [4.78, 5) is 28.2. The van der Waals surface area contributed by atoms with Crippen LogP contribution in [0.1, 0.15) is 24.0 Å². The summed E-state index contributed by atoms with van der Waals surface area (Å²) in [5, 5.41) is 19.7. The van der Waals surface area contributed by atoms with Crippen LogP contribution in [-0.4, -0.2) is 57.0 Å². The van der Waals surface area contributed by atoms with Crippen molar-refractivity contribution in [3.8, 4) is 0 Å². The van der Waals surface area contributed by atoms with E-state index in [0.29, 0.717) is 37.3 Å². The fourth-order valence-electron chi connectivity index (χ4n) is 4.11. The molecule has 0 saturated carbocycles. The fourth-order valence-corrected chi connectivity index (χ4v) is 5.53. The maximum Gasteiger partial charge on any atom is 0.323 e. The molecule has 1 amide bonds. The van der Waals surface area contributed by atoms with Gasteiger partial charge in [-0.1, -0.05) is 60.7 Å². The molecule has 1 aliphatic rings. The maximum atomic E-state index is 13.0. The van der Waals surface area contributed by atoms with Crippen molar-refractivity contribution in [3.63, 3.8) is 0 Å². The molecular formula is C27H31N5O5S. The average molecular weight is 538 g/mol. The van der Waals surface area contributed by atoms with Gasteiger partial charge in [0.25, 0.3) is 0 Å². The molecule has 0 bridgehead atoms. The molecule has 4 rings (SSSR count). The number of benzene rings is 3. The largest absolute Gasteiger partial charge is 0.480 e. The number of hydrogen-bond acceptors (Lipinski definition) is 7. The van der Waals surface area contributed by atoms with Crippen LogP contribution in [0.5, 0.6) is 0 Å². The number of nitrogens with one attached hydrogen (secondary N) is 4.